The molecule has 1 aromatic heterocycles. The number of rotatable bonds is 3. The van der Waals surface area contributed by atoms with Crippen LogP contribution in [0.4, 0.5) is 10.2 Å². The van der Waals surface area contributed by atoms with Crippen molar-refractivity contribution in [3.05, 3.63) is 23.6 Å². The van der Waals surface area contributed by atoms with E-state index in [4.69, 9.17) is 10.5 Å². The van der Waals surface area contributed by atoms with E-state index in [0.717, 1.165) is 18.7 Å². The van der Waals surface area contributed by atoms with Gasteiger partial charge in [0.15, 0.2) is 0 Å². The molecule has 1 aromatic rings. The Morgan fingerprint density at radius 3 is 3.17 bits per heavy atom. The van der Waals surface area contributed by atoms with Crippen molar-refractivity contribution < 1.29 is 13.9 Å². The second-order valence-corrected chi connectivity index (χ2v) is 4.42. The van der Waals surface area contributed by atoms with E-state index in [1.54, 1.807) is 0 Å². The Labute approximate surface area is 105 Å². The zero-order chi connectivity index (χ0) is 13.1. The lowest BCUT2D eigenvalue weighted by molar-refractivity contribution is 0.0907. The van der Waals surface area contributed by atoms with E-state index in [1.165, 1.54) is 0 Å². The van der Waals surface area contributed by atoms with Crippen LogP contribution in [0.25, 0.3) is 0 Å². The minimum atomic E-state index is -0.577. The largest absolute Gasteiger partial charge is 0.383 e. The molecule has 2 atom stereocenters. The first kappa shape index (κ1) is 12.8. The number of aromatic nitrogens is 1. The standard InChI is InChI=1S/C12H16FN3O2/c1-7-8(2-3-18-7)5-16-12(17)10-4-9(13)6-15-11(10)14/h4,6-8H,2-3,5H2,1H3,(H2,14,15)(H,16,17). The van der Waals surface area contributed by atoms with Crippen LogP contribution in [0.2, 0.25) is 0 Å². The summed E-state index contributed by atoms with van der Waals surface area (Å²) in [6, 6.07) is 1.09. The molecule has 1 fully saturated rings. The van der Waals surface area contributed by atoms with Crippen LogP contribution in [0.3, 0.4) is 0 Å². The first-order valence-electron chi connectivity index (χ1n) is 5.88. The van der Waals surface area contributed by atoms with E-state index >= 15 is 0 Å². The Morgan fingerprint density at radius 1 is 1.72 bits per heavy atom. The number of ether oxygens (including phenoxy) is 1. The maximum absolute atomic E-state index is 13.0. The van der Waals surface area contributed by atoms with Crippen molar-refractivity contribution in [1.82, 2.24) is 10.3 Å². The van der Waals surface area contributed by atoms with Gasteiger partial charge in [-0.2, -0.15) is 0 Å². The number of pyridine rings is 1. The quantitative estimate of drug-likeness (QED) is 0.841. The highest BCUT2D eigenvalue weighted by Crippen LogP contribution is 2.19. The minimum Gasteiger partial charge on any atom is -0.383 e. The fraction of sp³-hybridized carbons (Fsp3) is 0.500. The maximum atomic E-state index is 13.0. The van der Waals surface area contributed by atoms with Gasteiger partial charge in [0.2, 0.25) is 0 Å². The molecule has 98 valence electrons. The van der Waals surface area contributed by atoms with Crippen LogP contribution in [-0.4, -0.2) is 30.1 Å². The molecule has 0 saturated carbocycles. The highest BCUT2D eigenvalue weighted by Gasteiger charge is 2.25. The molecule has 0 aliphatic carbocycles. The first-order chi connectivity index (χ1) is 8.58. The molecule has 5 nitrogen and oxygen atoms in total. The molecule has 0 spiro atoms. The number of hydrogen-bond acceptors (Lipinski definition) is 4. The lowest BCUT2D eigenvalue weighted by Gasteiger charge is -2.15. The first-order valence-corrected chi connectivity index (χ1v) is 5.88. The molecule has 2 heterocycles. The topological polar surface area (TPSA) is 77.2 Å². The summed E-state index contributed by atoms with van der Waals surface area (Å²) in [7, 11) is 0. The molecule has 1 amide bonds. The third kappa shape index (κ3) is 2.76. The average Bonchev–Trinajstić information content (AvgIpc) is 2.75. The highest BCUT2D eigenvalue weighted by atomic mass is 19.1. The summed E-state index contributed by atoms with van der Waals surface area (Å²) >= 11 is 0. The molecule has 1 aliphatic heterocycles. The minimum absolute atomic E-state index is 0.0321. The predicted molar refractivity (Wildman–Crippen MR) is 64.5 cm³/mol. The van der Waals surface area contributed by atoms with Gasteiger partial charge in [-0.1, -0.05) is 0 Å². The van der Waals surface area contributed by atoms with Gasteiger partial charge in [0.25, 0.3) is 5.91 Å². The molecule has 2 unspecified atom stereocenters. The number of carbonyl (C=O) groups is 1. The summed E-state index contributed by atoms with van der Waals surface area (Å²) < 4.78 is 18.4. The van der Waals surface area contributed by atoms with Crippen LogP contribution >= 0.6 is 0 Å². The van der Waals surface area contributed by atoms with Crippen LogP contribution in [-0.2, 0) is 4.74 Å². The second-order valence-electron chi connectivity index (χ2n) is 4.42. The molecule has 2 rings (SSSR count). The van der Waals surface area contributed by atoms with Crippen LogP contribution < -0.4 is 11.1 Å². The zero-order valence-corrected chi connectivity index (χ0v) is 10.1. The molecule has 3 N–H and O–H groups in total. The second kappa shape index (κ2) is 5.30. The lowest BCUT2D eigenvalue weighted by Crippen LogP contribution is -2.32. The third-order valence-corrected chi connectivity index (χ3v) is 3.19. The molecule has 18 heavy (non-hydrogen) atoms. The van der Waals surface area contributed by atoms with E-state index in [9.17, 15) is 9.18 Å². The molecular weight excluding hydrogens is 237 g/mol. The van der Waals surface area contributed by atoms with E-state index in [2.05, 4.69) is 10.3 Å². The summed E-state index contributed by atoms with van der Waals surface area (Å²) in [4.78, 5) is 15.5. The number of carbonyl (C=O) groups excluding carboxylic acids is 1. The average molecular weight is 253 g/mol. The fourth-order valence-electron chi connectivity index (χ4n) is 1.99. The Bertz CT molecular complexity index is 453. The number of nitrogens with zero attached hydrogens (tertiary/aromatic N) is 1. The van der Waals surface area contributed by atoms with Gasteiger partial charge in [0.05, 0.1) is 17.9 Å². The van der Waals surface area contributed by atoms with Crippen LogP contribution in [0, 0.1) is 11.7 Å². The number of nitrogen functional groups attached to an aromatic ring is 1. The van der Waals surface area contributed by atoms with Crippen molar-refractivity contribution in [3.63, 3.8) is 0 Å². The molecule has 0 aromatic carbocycles. The molecule has 1 aliphatic rings. The summed E-state index contributed by atoms with van der Waals surface area (Å²) in [5.41, 5.74) is 5.61. The van der Waals surface area contributed by atoms with E-state index in [1.807, 2.05) is 6.92 Å². The Hall–Kier alpha value is -1.69. The highest BCUT2D eigenvalue weighted by molar-refractivity contribution is 5.98. The van der Waals surface area contributed by atoms with Crippen LogP contribution in [0.15, 0.2) is 12.3 Å². The summed E-state index contributed by atoms with van der Waals surface area (Å²) in [5, 5.41) is 2.73. The van der Waals surface area contributed by atoms with Gasteiger partial charge in [-0.25, -0.2) is 9.37 Å². The number of nitrogens with two attached hydrogens (primary N) is 1. The van der Waals surface area contributed by atoms with Gasteiger partial charge < -0.3 is 15.8 Å². The number of amides is 1. The Morgan fingerprint density at radius 2 is 2.50 bits per heavy atom. The van der Waals surface area contributed by atoms with Gasteiger partial charge in [-0.3, -0.25) is 4.79 Å². The maximum Gasteiger partial charge on any atom is 0.255 e. The predicted octanol–water partition coefficient (Wildman–Crippen LogP) is 0.958. The Balaban J connectivity index is 1.97. The van der Waals surface area contributed by atoms with Gasteiger partial charge >= 0.3 is 0 Å². The monoisotopic (exact) mass is 253 g/mol. The van der Waals surface area contributed by atoms with Crippen molar-refractivity contribution in [2.24, 2.45) is 5.92 Å². The third-order valence-electron chi connectivity index (χ3n) is 3.19. The number of halogens is 1. The van der Waals surface area contributed by atoms with E-state index in [0.29, 0.717) is 13.2 Å². The summed E-state index contributed by atoms with van der Waals surface area (Å²) in [5.74, 6) is -0.660. The van der Waals surface area contributed by atoms with Crippen molar-refractivity contribution in [1.29, 1.82) is 0 Å². The van der Waals surface area contributed by atoms with Crippen molar-refractivity contribution >= 4 is 11.7 Å². The lowest BCUT2D eigenvalue weighted by atomic mass is 10.0. The van der Waals surface area contributed by atoms with Crippen molar-refractivity contribution in [3.8, 4) is 0 Å². The Kier molecular flexibility index (Phi) is 3.76. The molecule has 0 bridgehead atoms. The van der Waals surface area contributed by atoms with Gasteiger partial charge in [-0.15, -0.1) is 0 Å². The molecule has 0 radical (unpaired) electrons. The van der Waals surface area contributed by atoms with Gasteiger partial charge in [0, 0.05) is 19.1 Å². The van der Waals surface area contributed by atoms with Crippen LogP contribution in [0.5, 0.6) is 0 Å². The molecule has 6 heteroatoms. The SMILES string of the molecule is CC1OCCC1CNC(=O)c1cc(F)cnc1N. The normalized spacial score (nSPS) is 23.0. The molecular formula is C12H16FN3O2. The summed E-state index contributed by atoms with van der Waals surface area (Å²) in [6.45, 7) is 3.18. The van der Waals surface area contributed by atoms with E-state index < -0.39 is 11.7 Å². The van der Waals surface area contributed by atoms with Gasteiger partial charge in [-0.05, 0) is 19.4 Å². The van der Waals surface area contributed by atoms with Crippen molar-refractivity contribution in [2.75, 3.05) is 18.9 Å². The van der Waals surface area contributed by atoms with E-state index in [-0.39, 0.29) is 23.4 Å². The fourth-order valence-corrected chi connectivity index (χ4v) is 1.99. The smallest absolute Gasteiger partial charge is 0.255 e. The number of hydrogen-bond donors (Lipinski definition) is 2. The number of nitrogens with one attached hydrogen (secondary N) is 1. The summed E-state index contributed by atoms with van der Waals surface area (Å²) in [6.07, 6.45) is 2.03. The van der Waals surface area contributed by atoms with Crippen molar-refractivity contribution in [2.45, 2.75) is 19.4 Å². The number of anilines is 1. The zero-order valence-electron chi connectivity index (χ0n) is 10.1. The van der Waals surface area contributed by atoms with Crippen LogP contribution in [0.1, 0.15) is 23.7 Å². The molecule has 1 saturated heterocycles. The van der Waals surface area contributed by atoms with Gasteiger partial charge in [0.1, 0.15) is 11.6 Å².